The van der Waals surface area contributed by atoms with Crippen molar-refractivity contribution in [2.45, 2.75) is 52.1 Å². The van der Waals surface area contributed by atoms with Crippen molar-refractivity contribution in [1.82, 2.24) is 10.2 Å². The van der Waals surface area contributed by atoms with Crippen LogP contribution in [-0.4, -0.2) is 36.4 Å². The zero-order valence-corrected chi connectivity index (χ0v) is 21.4. The Morgan fingerprint density at radius 3 is 2.20 bits per heavy atom. The molecule has 3 rings (SSSR count). The zero-order valence-electron chi connectivity index (χ0n) is 21.4. The molecule has 5 heteroatoms. The third-order valence-electron chi connectivity index (χ3n) is 6.17. The molecule has 1 N–H and O–H groups in total. The number of nitrogens with one attached hydrogen (secondary N) is 1. The lowest BCUT2D eigenvalue weighted by atomic mass is 9.86. The van der Waals surface area contributed by atoms with Gasteiger partial charge in [0.05, 0.1) is 0 Å². The molecule has 35 heavy (non-hydrogen) atoms. The number of rotatable bonds is 9. The Bertz CT molecular complexity index is 1140. The number of likely N-dealkylation sites (N-methyl/N-ethyl adjacent to an activating group) is 1. The molecule has 0 radical (unpaired) electrons. The number of para-hydroxylation sites is 1. The van der Waals surface area contributed by atoms with E-state index in [4.69, 9.17) is 4.74 Å². The van der Waals surface area contributed by atoms with Crippen molar-refractivity contribution in [3.63, 3.8) is 0 Å². The fourth-order valence-corrected chi connectivity index (χ4v) is 4.13. The molecule has 5 nitrogen and oxygen atoms in total. The number of benzene rings is 3. The SMILES string of the molecule is CNC(=O)[C@H](Cc1ccccc1)N(Cc1ccccc1C)C(=O)COc1ccccc1C(C)(C)C. The van der Waals surface area contributed by atoms with E-state index < -0.39 is 6.04 Å². The highest BCUT2D eigenvalue weighted by Crippen LogP contribution is 2.31. The van der Waals surface area contributed by atoms with E-state index in [9.17, 15) is 9.59 Å². The Balaban J connectivity index is 1.92. The quantitative estimate of drug-likeness (QED) is 0.474. The van der Waals surface area contributed by atoms with Crippen molar-refractivity contribution in [3.05, 3.63) is 101 Å². The van der Waals surface area contributed by atoms with Crippen LogP contribution in [0.25, 0.3) is 0 Å². The second-order valence-electron chi connectivity index (χ2n) is 9.80. The van der Waals surface area contributed by atoms with Gasteiger partial charge in [-0.2, -0.15) is 0 Å². The van der Waals surface area contributed by atoms with Crippen molar-refractivity contribution in [1.29, 1.82) is 0 Å². The molecule has 0 bridgehead atoms. The Kier molecular flexibility index (Phi) is 8.69. The maximum Gasteiger partial charge on any atom is 0.261 e. The Morgan fingerprint density at radius 1 is 0.914 bits per heavy atom. The first-order chi connectivity index (χ1) is 16.7. The maximum atomic E-state index is 13.7. The second-order valence-corrected chi connectivity index (χ2v) is 9.80. The molecule has 184 valence electrons. The average molecular weight is 473 g/mol. The zero-order chi connectivity index (χ0) is 25.4. The van der Waals surface area contributed by atoms with E-state index in [0.717, 1.165) is 22.3 Å². The van der Waals surface area contributed by atoms with Gasteiger partial charge in [0.1, 0.15) is 11.8 Å². The number of amides is 2. The molecule has 0 unspecified atom stereocenters. The molecule has 0 aliphatic carbocycles. The van der Waals surface area contributed by atoms with Gasteiger partial charge in [-0.05, 0) is 40.7 Å². The molecule has 3 aromatic carbocycles. The highest BCUT2D eigenvalue weighted by Gasteiger charge is 2.30. The molecule has 0 heterocycles. The lowest BCUT2D eigenvalue weighted by Gasteiger charge is -2.32. The summed E-state index contributed by atoms with van der Waals surface area (Å²) in [6.07, 6.45) is 0.413. The van der Waals surface area contributed by atoms with E-state index in [-0.39, 0.29) is 23.8 Å². The summed E-state index contributed by atoms with van der Waals surface area (Å²) in [4.78, 5) is 28.4. The van der Waals surface area contributed by atoms with Crippen LogP contribution in [0.15, 0.2) is 78.9 Å². The second kappa shape index (κ2) is 11.7. The molecular formula is C30H36N2O3. The molecule has 0 saturated carbocycles. The summed E-state index contributed by atoms with van der Waals surface area (Å²) in [5.74, 6) is 0.246. The van der Waals surface area contributed by atoms with Gasteiger partial charge in [0.25, 0.3) is 5.91 Å². The van der Waals surface area contributed by atoms with E-state index in [0.29, 0.717) is 18.7 Å². The normalized spacial score (nSPS) is 12.0. The molecule has 0 aromatic heterocycles. The predicted octanol–water partition coefficient (Wildman–Crippen LogP) is 5.06. The highest BCUT2D eigenvalue weighted by molar-refractivity contribution is 5.88. The van der Waals surface area contributed by atoms with Crippen molar-refractivity contribution >= 4 is 11.8 Å². The van der Waals surface area contributed by atoms with E-state index in [1.807, 2.05) is 85.8 Å². The number of ether oxygens (including phenoxy) is 1. The van der Waals surface area contributed by atoms with Crippen LogP contribution in [0.2, 0.25) is 0 Å². The van der Waals surface area contributed by atoms with Crippen LogP contribution < -0.4 is 10.1 Å². The van der Waals surface area contributed by atoms with Crippen LogP contribution in [0.5, 0.6) is 5.75 Å². The third-order valence-corrected chi connectivity index (χ3v) is 6.17. The van der Waals surface area contributed by atoms with E-state index >= 15 is 0 Å². The van der Waals surface area contributed by atoms with Crippen LogP contribution in [0.1, 0.15) is 43.0 Å². The number of hydrogen-bond acceptors (Lipinski definition) is 3. The number of carbonyl (C=O) groups excluding carboxylic acids is 2. The van der Waals surface area contributed by atoms with Crippen molar-refractivity contribution in [2.24, 2.45) is 0 Å². The fraction of sp³-hybridized carbons (Fsp3) is 0.333. The minimum absolute atomic E-state index is 0.127. The minimum atomic E-state index is -0.670. The van der Waals surface area contributed by atoms with Gasteiger partial charge in [-0.1, -0.05) is 93.6 Å². The summed E-state index contributed by atoms with van der Waals surface area (Å²) < 4.78 is 6.07. The van der Waals surface area contributed by atoms with Gasteiger partial charge in [0.2, 0.25) is 5.91 Å². The number of nitrogens with zero attached hydrogens (tertiary/aromatic N) is 1. The van der Waals surface area contributed by atoms with Gasteiger partial charge >= 0.3 is 0 Å². The molecular weight excluding hydrogens is 436 g/mol. The van der Waals surface area contributed by atoms with Crippen LogP contribution in [0.4, 0.5) is 0 Å². The molecule has 0 spiro atoms. The topological polar surface area (TPSA) is 58.6 Å². The molecule has 0 fully saturated rings. The van der Waals surface area contributed by atoms with Crippen LogP contribution in [0.3, 0.4) is 0 Å². The largest absolute Gasteiger partial charge is 0.483 e. The Morgan fingerprint density at radius 2 is 1.54 bits per heavy atom. The fourth-order valence-electron chi connectivity index (χ4n) is 4.13. The van der Waals surface area contributed by atoms with E-state index in [2.05, 4.69) is 26.1 Å². The molecule has 2 amide bonds. The first-order valence-electron chi connectivity index (χ1n) is 12.0. The molecule has 3 aromatic rings. The van der Waals surface area contributed by atoms with E-state index in [1.54, 1.807) is 11.9 Å². The number of aryl methyl sites for hydroxylation is 1. The first-order valence-corrected chi connectivity index (χ1v) is 12.0. The Hall–Kier alpha value is -3.60. The van der Waals surface area contributed by atoms with Gasteiger partial charge < -0.3 is 15.0 Å². The smallest absolute Gasteiger partial charge is 0.261 e. The molecule has 0 aliphatic rings. The van der Waals surface area contributed by atoms with Gasteiger partial charge in [-0.25, -0.2) is 0 Å². The van der Waals surface area contributed by atoms with Crippen LogP contribution in [-0.2, 0) is 28.0 Å². The summed E-state index contributed by atoms with van der Waals surface area (Å²) in [6, 6.07) is 24.8. The summed E-state index contributed by atoms with van der Waals surface area (Å²) in [5.41, 5.74) is 3.96. The first kappa shape index (κ1) is 26.0. The standard InChI is InChI=1S/C30H36N2O3/c1-22-13-9-10-16-24(22)20-32(26(29(34)31-5)19-23-14-7-6-8-15-23)28(33)21-35-27-18-12-11-17-25(27)30(2,3)4/h6-18,26H,19-21H2,1-5H3,(H,31,34)/t26-/m0/s1. The van der Waals surface area contributed by atoms with Crippen molar-refractivity contribution in [2.75, 3.05) is 13.7 Å². The maximum absolute atomic E-state index is 13.7. The van der Waals surface area contributed by atoms with Crippen LogP contribution >= 0.6 is 0 Å². The molecule has 1 atom stereocenters. The summed E-state index contributed by atoms with van der Waals surface area (Å²) in [6.45, 7) is 8.52. The number of carbonyl (C=O) groups is 2. The summed E-state index contributed by atoms with van der Waals surface area (Å²) >= 11 is 0. The van der Waals surface area contributed by atoms with Gasteiger partial charge in [0.15, 0.2) is 6.61 Å². The van der Waals surface area contributed by atoms with Gasteiger partial charge in [0, 0.05) is 20.0 Å². The monoisotopic (exact) mass is 472 g/mol. The average Bonchev–Trinajstić information content (AvgIpc) is 2.85. The van der Waals surface area contributed by atoms with Gasteiger partial charge in [-0.3, -0.25) is 9.59 Å². The molecule has 0 saturated heterocycles. The Labute approximate surface area is 209 Å². The van der Waals surface area contributed by atoms with Gasteiger partial charge in [-0.15, -0.1) is 0 Å². The highest BCUT2D eigenvalue weighted by atomic mass is 16.5. The van der Waals surface area contributed by atoms with Crippen molar-refractivity contribution in [3.8, 4) is 5.75 Å². The predicted molar refractivity (Wildman–Crippen MR) is 140 cm³/mol. The molecule has 0 aliphatic heterocycles. The summed E-state index contributed by atoms with van der Waals surface area (Å²) in [5, 5.41) is 2.75. The lowest BCUT2D eigenvalue weighted by Crippen LogP contribution is -2.51. The lowest BCUT2D eigenvalue weighted by molar-refractivity contribution is -0.142. The van der Waals surface area contributed by atoms with E-state index in [1.165, 1.54) is 0 Å². The summed E-state index contributed by atoms with van der Waals surface area (Å²) in [7, 11) is 1.60. The third kappa shape index (κ3) is 6.95. The minimum Gasteiger partial charge on any atom is -0.483 e. The number of hydrogen-bond donors (Lipinski definition) is 1. The van der Waals surface area contributed by atoms with Crippen molar-refractivity contribution < 1.29 is 14.3 Å². The van der Waals surface area contributed by atoms with Crippen LogP contribution in [0, 0.1) is 6.92 Å².